The first kappa shape index (κ1) is 21.7. The van der Waals surface area contributed by atoms with E-state index in [1.807, 2.05) is 78.4 Å². The van der Waals surface area contributed by atoms with Crippen LogP contribution in [-0.2, 0) is 16.1 Å². The number of imidazole rings is 1. The number of aryl methyl sites for hydroxylation is 1. The van der Waals surface area contributed by atoms with Gasteiger partial charge in [-0.15, -0.1) is 0 Å². The van der Waals surface area contributed by atoms with Gasteiger partial charge >= 0.3 is 0 Å². The Hall–Kier alpha value is -4.13. The summed E-state index contributed by atoms with van der Waals surface area (Å²) >= 11 is 0. The summed E-state index contributed by atoms with van der Waals surface area (Å²) in [6, 6.07) is 21.4. The molecular weight excluding hydrogens is 428 g/mol. The van der Waals surface area contributed by atoms with E-state index in [4.69, 9.17) is 9.40 Å². The van der Waals surface area contributed by atoms with Crippen LogP contribution in [0.15, 0.2) is 83.6 Å². The van der Waals surface area contributed by atoms with Crippen molar-refractivity contribution in [2.24, 2.45) is 5.92 Å². The maximum atomic E-state index is 13.1. The fourth-order valence-corrected chi connectivity index (χ4v) is 3.92. The quantitative estimate of drug-likeness (QED) is 0.414. The van der Waals surface area contributed by atoms with E-state index >= 15 is 0 Å². The van der Waals surface area contributed by atoms with Crippen molar-refractivity contribution < 1.29 is 14.0 Å². The van der Waals surface area contributed by atoms with Crippen LogP contribution < -0.4 is 5.32 Å². The van der Waals surface area contributed by atoms with Crippen LogP contribution in [0.3, 0.4) is 0 Å². The van der Waals surface area contributed by atoms with E-state index < -0.39 is 0 Å². The Morgan fingerprint density at radius 3 is 2.62 bits per heavy atom. The standard InChI is InChI=1S/C27H26N4O3/c1-19-7-5-10-22(15-19)31-17-24(20-8-3-2-4-9-20)28-27(31)29-25(32)18-30(26(33)21-12-13-21)16-23-11-6-14-34-23/h2-11,14-15,17,21H,12-13,16,18H2,1H3,(H,28,29,32). The lowest BCUT2D eigenvalue weighted by atomic mass is 10.2. The number of hydrogen-bond acceptors (Lipinski definition) is 4. The third-order valence-electron chi connectivity index (χ3n) is 5.81. The van der Waals surface area contributed by atoms with E-state index in [-0.39, 0.29) is 30.8 Å². The second-order valence-corrected chi connectivity index (χ2v) is 8.62. The molecule has 172 valence electrons. The topological polar surface area (TPSA) is 80.4 Å². The van der Waals surface area contributed by atoms with Crippen molar-refractivity contribution in [1.29, 1.82) is 0 Å². The van der Waals surface area contributed by atoms with Gasteiger partial charge in [-0.2, -0.15) is 0 Å². The van der Waals surface area contributed by atoms with Crippen LogP contribution in [0.2, 0.25) is 0 Å². The summed E-state index contributed by atoms with van der Waals surface area (Å²) in [5.74, 6) is 0.737. The number of aromatic nitrogens is 2. The molecule has 2 heterocycles. The van der Waals surface area contributed by atoms with Gasteiger partial charge in [0.1, 0.15) is 12.3 Å². The molecule has 0 saturated heterocycles. The molecule has 1 aliphatic rings. The number of anilines is 1. The number of amides is 2. The van der Waals surface area contributed by atoms with Gasteiger partial charge in [-0.05, 0) is 49.6 Å². The van der Waals surface area contributed by atoms with E-state index in [9.17, 15) is 9.59 Å². The maximum absolute atomic E-state index is 13.1. The summed E-state index contributed by atoms with van der Waals surface area (Å²) in [6.45, 7) is 2.21. The molecule has 2 aromatic carbocycles. The number of nitrogens with one attached hydrogen (secondary N) is 1. The minimum absolute atomic E-state index is 0.00160. The molecule has 0 atom stereocenters. The molecule has 0 aliphatic heterocycles. The monoisotopic (exact) mass is 454 g/mol. The van der Waals surface area contributed by atoms with Gasteiger partial charge in [0.25, 0.3) is 0 Å². The fraction of sp³-hybridized carbons (Fsp3) is 0.222. The number of benzene rings is 2. The van der Waals surface area contributed by atoms with Crippen LogP contribution >= 0.6 is 0 Å². The summed E-state index contributed by atoms with van der Waals surface area (Å²) in [4.78, 5) is 32.2. The van der Waals surface area contributed by atoms with Gasteiger partial charge in [-0.1, -0.05) is 42.5 Å². The normalized spacial score (nSPS) is 13.0. The first-order valence-corrected chi connectivity index (χ1v) is 11.4. The van der Waals surface area contributed by atoms with E-state index in [0.717, 1.165) is 35.3 Å². The van der Waals surface area contributed by atoms with Crippen molar-refractivity contribution in [2.75, 3.05) is 11.9 Å². The zero-order valence-corrected chi connectivity index (χ0v) is 19.0. The SMILES string of the molecule is Cc1cccc(-n2cc(-c3ccccc3)nc2NC(=O)CN(Cc2ccco2)C(=O)C2CC2)c1. The van der Waals surface area contributed by atoms with E-state index in [1.54, 1.807) is 17.2 Å². The molecule has 1 saturated carbocycles. The molecule has 2 amide bonds. The van der Waals surface area contributed by atoms with Gasteiger partial charge in [0.15, 0.2) is 0 Å². The number of hydrogen-bond donors (Lipinski definition) is 1. The highest BCUT2D eigenvalue weighted by Gasteiger charge is 2.34. The lowest BCUT2D eigenvalue weighted by Crippen LogP contribution is -2.38. The maximum Gasteiger partial charge on any atom is 0.246 e. The lowest BCUT2D eigenvalue weighted by Gasteiger charge is -2.21. The molecule has 34 heavy (non-hydrogen) atoms. The predicted octanol–water partition coefficient (Wildman–Crippen LogP) is 4.82. The van der Waals surface area contributed by atoms with Crippen LogP contribution in [-0.4, -0.2) is 32.8 Å². The minimum atomic E-state index is -0.306. The first-order valence-electron chi connectivity index (χ1n) is 11.4. The molecule has 7 heteroatoms. The molecule has 1 aliphatic carbocycles. The molecule has 7 nitrogen and oxygen atoms in total. The highest BCUT2D eigenvalue weighted by molar-refractivity contribution is 5.94. The Balaban J connectivity index is 1.41. The molecular formula is C27H26N4O3. The summed E-state index contributed by atoms with van der Waals surface area (Å²) in [6.07, 6.45) is 5.22. The van der Waals surface area contributed by atoms with Crippen molar-refractivity contribution >= 4 is 17.8 Å². The minimum Gasteiger partial charge on any atom is -0.467 e. The average Bonchev–Trinajstić information content (AvgIpc) is 3.41. The zero-order valence-electron chi connectivity index (χ0n) is 19.0. The smallest absolute Gasteiger partial charge is 0.246 e. The van der Waals surface area contributed by atoms with Crippen LogP contribution in [0.4, 0.5) is 5.95 Å². The van der Waals surface area contributed by atoms with Crippen LogP contribution in [0.1, 0.15) is 24.2 Å². The number of nitrogens with zero attached hydrogens (tertiary/aromatic N) is 3. The molecule has 0 radical (unpaired) electrons. The van der Waals surface area contributed by atoms with Gasteiger partial charge in [0.2, 0.25) is 17.8 Å². The predicted molar refractivity (Wildman–Crippen MR) is 129 cm³/mol. The van der Waals surface area contributed by atoms with Gasteiger partial charge in [-0.25, -0.2) is 4.98 Å². The van der Waals surface area contributed by atoms with Crippen molar-refractivity contribution in [2.45, 2.75) is 26.3 Å². The Morgan fingerprint density at radius 2 is 1.91 bits per heavy atom. The molecule has 0 unspecified atom stereocenters. The van der Waals surface area contributed by atoms with E-state index in [2.05, 4.69) is 5.32 Å². The molecule has 0 bridgehead atoms. The summed E-state index contributed by atoms with van der Waals surface area (Å²) in [5, 5.41) is 2.93. The van der Waals surface area contributed by atoms with Crippen molar-refractivity contribution in [3.63, 3.8) is 0 Å². The number of carbonyl (C=O) groups is 2. The highest BCUT2D eigenvalue weighted by Crippen LogP contribution is 2.31. The average molecular weight is 455 g/mol. The Morgan fingerprint density at radius 1 is 1.09 bits per heavy atom. The highest BCUT2D eigenvalue weighted by atomic mass is 16.3. The van der Waals surface area contributed by atoms with Gasteiger partial charge < -0.3 is 9.32 Å². The van der Waals surface area contributed by atoms with E-state index in [1.165, 1.54) is 0 Å². The molecule has 1 fully saturated rings. The van der Waals surface area contributed by atoms with E-state index in [0.29, 0.717) is 11.7 Å². The lowest BCUT2D eigenvalue weighted by molar-refractivity contribution is -0.136. The number of carbonyl (C=O) groups excluding carboxylic acids is 2. The van der Waals surface area contributed by atoms with Crippen LogP contribution in [0.5, 0.6) is 0 Å². The Kier molecular flexibility index (Phi) is 5.99. The first-order chi connectivity index (χ1) is 16.6. The molecule has 2 aromatic heterocycles. The van der Waals surface area contributed by atoms with Gasteiger partial charge in [0.05, 0.1) is 18.5 Å². The second-order valence-electron chi connectivity index (χ2n) is 8.62. The van der Waals surface area contributed by atoms with Crippen molar-refractivity contribution in [3.05, 3.63) is 90.5 Å². The van der Waals surface area contributed by atoms with Gasteiger partial charge in [0, 0.05) is 23.4 Å². The van der Waals surface area contributed by atoms with Crippen molar-refractivity contribution in [3.8, 4) is 16.9 Å². The fourth-order valence-electron chi connectivity index (χ4n) is 3.92. The third-order valence-corrected chi connectivity index (χ3v) is 5.81. The summed E-state index contributed by atoms with van der Waals surface area (Å²) in [7, 11) is 0. The van der Waals surface area contributed by atoms with Gasteiger partial charge in [-0.3, -0.25) is 19.5 Å². The zero-order chi connectivity index (χ0) is 23.5. The van der Waals surface area contributed by atoms with Crippen LogP contribution in [0, 0.1) is 12.8 Å². The molecule has 1 N–H and O–H groups in total. The number of rotatable bonds is 8. The Labute approximate surface area is 198 Å². The molecule has 4 aromatic rings. The van der Waals surface area contributed by atoms with Crippen molar-refractivity contribution in [1.82, 2.24) is 14.5 Å². The second kappa shape index (κ2) is 9.39. The Bertz CT molecular complexity index is 1290. The number of furan rings is 1. The van der Waals surface area contributed by atoms with Crippen LogP contribution in [0.25, 0.3) is 16.9 Å². The summed E-state index contributed by atoms with van der Waals surface area (Å²) < 4.78 is 7.28. The molecule has 5 rings (SSSR count). The third kappa shape index (κ3) is 4.93. The largest absolute Gasteiger partial charge is 0.467 e. The molecule has 0 spiro atoms. The summed E-state index contributed by atoms with van der Waals surface area (Å²) in [5.41, 5.74) is 3.70.